The minimum Gasteiger partial charge on any atom is -0.342 e. The zero-order valence-corrected chi connectivity index (χ0v) is 15.8. The molecular formula is C20H27N5O. The molecule has 1 aromatic carbocycles. The molecular weight excluding hydrogens is 326 g/mol. The Balaban J connectivity index is 1.45. The second-order valence-corrected chi connectivity index (χ2v) is 7.81. The molecule has 1 N–H and O–H groups in total. The second-order valence-electron chi connectivity index (χ2n) is 7.81. The molecule has 1 amide bonds. The van der Waals surface area contributed by atoms with Crippen molar-refractivity contribution in [2.75, 3.05) is 7.05 Å². The van der Waals surface area contributed by atoms with Gasteiger partial charge in [-0.15, -0.1) is 5.10 Å². The first-order chi connectivity index (χ1) is 12.5. The molecule has 0 spiro atoms. The number of aryl methyl sites for hydroxylation is 1. The van der Waals surface area contributed by atoms with Gasteiger partial charge in [0.25, 0.3) is 0 Å². The fourth-order valence-electron chi connectivity index (χ4n) is 4.27. The van der Waals surface area contributed by atoms with Crippen molar-refractivity contribution in [3.63, 3.8) is 0 Å². The van der Waals surface area contributed by atoms with Crippen LogP contribution in [0.4, 0.5) is 0 Å². The topological polar surface area (TPSA) is 63.1 Å². The predicted molar refractivity (Wildman–Crippen MR) is 100 cm³/mol. The number of carbonyl (C=O) groups is 1. The number of benzene rings is 1. The molecule has 0 aliphatic carbocycles. The highest BCUT2D eigenvalue weighted by Crippen LogP contribution is 2.29. The Morgan fingerprint density at radius 1 is 1.19 bits per heavy atom. The van der Waals surface area contributed by atoms with Crippen molar-refractivity contribution in [2.45, 2.75) is 64.1 Å². The average Bonchev–Trinajstić information content (AvgIpc) is 3.17. The summed E-state index contributed by atoms with van der Waals surface area (Å²) in [6.45, 7) is 4.04. The van der Waals surface area contributed by atoms with E-state index in [1.54, 1.807) is 0 Å². The molecule has 0 saturated carbocycles. The third kappa shape index (κ3) is 3.26. The van der Waals surface area contributed by atoms with Gasteiger partial charge in [-0.25, -0.2) is 4.68 Å². The van der Waals surface area contributed by atoms with Crippen LogP contribution in [0.25, 0.3) is 5.69 Å². The zero-order chi connectivity index (χ0) is 18.3. The van der Waals surface area contributed by atoms with Crippen LogP contribution in [-0.2, 0) is 11.2 Å². The average molecular weight is 353 g/mol. The number of hydrogen-bond donors (Lipinski definition) is 1. The van der Waals surface area contributed by atoms with Crippen LogP contribution in [0.2, 0.25) is 0 Å². The Morgan fingerprint density at radius 2 is 1.85 bits per heavy atom. The van der Waals surface area contributed by atoms with E-state index in [1.165, 1.54) is 18.4 Å². The number of carbonyl (C=O) groups excluding carboxylic acids is 1. The fraction of sp³-hybridized carbons (Fsp3) is 0.550. The van der Waals surface area contributed by atoms with Gasteiger partial charge < -0.3 is 10.2 Å². The Labute approximate surface area is 154 Å². The molecule has 2 fully saturated rings. The summed E-state index contributed by atoms with van der Waals surface area (Å²) in [5, 5.41) is 12.2. The molecule has 1 aromatic heterocycles. The summed E-state index contributed by atoms with van der Waals surface area (Å²) in [5.74, 6) is 0.135. The van der Waals surface area contributed by atoms with Crippen molar-refractivity contribution in [3.05, 3.63) is 41.2 Å². The normalized spacial score (nSPS) is 24.7. The summed E-state index contributed by atoms with van der Waals surface area (Å²) >= 11 is 0. The van der Waals surface area contributed by atoms with Gasteiger partial charge in [0.2, 0.25) is 5.91 Å². The van der Waals surface area contributed by atoms with Crippen molar-refractivity contribution in [2.24, 2.45) is 0 Å². The van der Waals surface area contributed by atoms with Crippen molar-refractivity contribution >= 4 is 5.91 Å². The van der Waals surface area contributed by atoms with E-state index in [1.807, 2.05) is 35.7 Å². The summed E-state index contributed by atoms with van der Waals surface area (Å²) in [6.07, 6.45) is 4.93. The maximum absolute atomic E-state index is 12.8. The van der Waals surface area contributed by atoms with E-state index in [0.717, 1.165) is 29.9 Å². The first kappa shape index (κ1) is 17.2. The predicted octanol–water partition coefficient (Wildman–Crippen LogP) is 2.17. The van der Waals surface area contributed by atoms with Gasteiger partial charge in [0, 0.05) is 25.2 Å². The summed E-state index contributed by atoms with van der Waals surface area (Å²) in [4.78, 5) is 14.8. The third-order valence-corrected chi connectivity index (χ3v) is 5.98. The minimum absolute atomic E-state index is 0.135. The molecule has 26 heavy (non-hydrogen) atoms. The highest BCUT2D eigenvalue weighted by atomic mass is 16.2. The van der Waals surface area contributed by atoms with Crippen LogP contribution < -0.4 is 5.32 Å². The van der Waals surface area contributed by atoms with Gasteiger partial charge in [0.1, 0.15) is 0 Å². The van der Waals surface area contributed by atoms with Crippen LogP contribution in [0.1, 0.15) is 42.6 Å². The van der Waals surface area contributed by atoms with E-state index in [-0.39, 0.29) is 5.91 Å². The van der Waals surface area contributed by atoms with Gasteiger partial charge in [-0.05, 0) is 51.7 Å². The fourth-order valence-corrected chi connectivity index (χ4v) is 4.27. The highest BCUT2D eigenvalue weighted by Gasteiger charge is 2.36. The molecule has 2 aliphatic heterocycles. The number of rotatable bonds is 4. The second kappa shape index (κ2) is 6.83. The van der Waals surface area contributed by atoms with Crippen molar-refractivity contribution < 1.29 is 4.79 Å². The number of likely N-dealkylation sites (N-methyl/N-ethyl adjacent to an activating group) is 1. The number of hydrogen-bond acceptors (Lipinski definition) is 4. The molecule has 2 bridgehead atoms. The smallest absolute Gasteiger partial charge is 0.228 e. The summed E-state index contributed by atoms with van der Waals surface area (Å²) < 4.78 is 1.81. The Kier molecular flexibility index (Phi) is 4.53. The zero-order valence-electron chi connectivity index (χ0n) is 15.8. The lowest BCUT2D eigenvalue weighted by atomic mass is 9.98. The van der Waals surface area contributed by atoms with Crippen LogP contribution in [0.5, 0.6) is 0 Å². The molecule has 2 saturated heterocycles. The van der Waals surface area contributed by atoms with E-state index in [2.05, 4.69) is 34.7 Å². The Morgan fingerprint density at radius 3 is 2.50 bits per heavy atom. The number of aromatic nitrogens is 3. The van der Waals surface area contributed by atoms with Gasteiger partial charge in [-0.3, -0.25) is 4.79 Å². The molecule has 138 valence electrons. The first-order valence-corrected chi connectivity index (χ1v) is 9.51. The largest absolute Gasteiger partial charge is 0.342 e. The van der Waals surface area contributed by atoms with E-state index in [4.69, 9.17) is 0 Å². The van der Waals surface area contributed by atoms with Crippen LogP contribution in [0.15, 0.2) is 24.3 Å². The first-order valence-electron chi connectivity index (χ1n) is 9.51. The number of piperidine rings is 1. The monoisotopic (exact) mass is 353 g/mol. The van der Waals surface area contributed by atoms with Gasteiger partial charge in [-0.1, -0.05) is 22.9 Å². The van der Waals surface area contributed by atoms with E-state index in [0.29, 0.717) is 24.5 Å². The SMILES string of the molecule is Cc1ccc(-n2nnc(CC(=O)N(C)C3CC4CCC(C3)N4)c2C)cc1. The standard InChI is InChI=1S/C20H27N5O/c1-13-4-8-17(9-5-13)25-14(2)19(22-23-25)12-20(26)24(3)18-10-15-6-7-16(11-18)21-15/h4-5,8-9,15-16,18,21H,6-7,10-12H2,1-3H3. The maximum Gasteiger partial charge on any atom is 0.228 e. The number of nitrogens with zero attached hydrogens (tertiary/aromatic N) is 4. The van der Waals surface area contributed by atoms with Gasteiger partial charge >= 0.3 is 0 Å². The number of fused-ring (bicyclic) bond motifs is 2. The molecule has 6 nitrogen and oxygen atoms in total. The number of nitrogens with one attached hydrogen (secondary N) is 1. The van der Waals surface area contributed by atoms with Crippen LogP contribution in [0.3, 0.4) is 0 Å². The van der Waals surface area contributed by atoms with E-state index >= 15 is 0 Å². The lowest BCUT2D eigenvalue weighted by Gasteiger charge is -2.35. The maximum atomic E-state index is 12.8. The Bertz CT molecular complexity index is 785. The molecule has 6 heteroatoms. The van der Waals surface area contributed by atoms with Gasteiger partial charge in [-0.2, -0.15) is 0 Å². The summed E-state index contributed by atoms with van der Waals surface area (Å²) in [5.41, 5.74) is 3.88. The highest BCUT2D eigenvalue weighted by molar-refractivity contribution is 5.78. The quantitative estimate of drug-likeness (QED) is 0.915. The Hall–Kier alpha value is -2.21. The van der Waals surface area contributed by atoms with E-state index < -0.39 is 0 Å². The van der Waals surface area contributed by atoms with Crippen LogP contribution >= 0.6 is 0 Å². The van der Waals surface area contributed by atoms with Crippen molar-refractivity contribution in [3.8, 4) is 5.69 Å². The molecule has 2 unspecified atom stereocenters. The molecule has 4 rings (SSSR count). The molecule has 2 aliphatic rings. The summed E-state index contributed by atoms with van der Waals surface area (Å²) in [7, 11) is 1.94. The molecule has 2 aromatic rings. The number of amides is 1. The van der Waals surface area contributed by atoms with E-state index in [9.17, 15) is 4.79 Å². The van der Waals surface area contributed by atoms with Gasteiger partial charge in [0.15, 0.2) is 0 Å². The molecule has 3 heterocycles. The summed E-state index contributed by atoms with van der Waals surface area (Å²) in [6, 6.07) is 9.67. The van der Waals surface area contributed by atoms with Crippen molar-refractivity contribution in [1.82, 2.24) is 25.2 Å². The van der Waals surface area contributed by atoms with Crippen molar-refractivity contribution in [1.29, 1.82) is 0 Å². The van der Waals surface area contributed by atoms with Crippen LogP contribution in [-0.4, -0.2) is 51.0 Å². The minimum atomic E-state index is 0.135. The molecule has 0 radical (unpaired) electrons. The third-order valence-electron chi connectivity index (χ3n) is 5.98. The van der Waals surface area contributed by atoms with Crippen LogP contribution in [0, 0.1) is 13.8 Å². The molecule has 2 atom stereocenters. The lowest BCUT2D eigenvalue weighted by molar-refractivity contribution is -0.132. The lowest BCUT2D eigenvalue weighted by Crippen LogP contribution is -2.49. The van der Waals surface area contributed by atoms with Gasteiger partial charge in [0.05, 0.1) is 23.5 Å².